The van der Waals surface area contributed by atoms with Crippen LogP contribution in [0, 0.1) is 11.6 Å². The molecule has 0 fully saturated rings. The lowest BCUT2D eigenvalue weighted by atomic mass is 10.2. The normalized spacial score (nSPS) is 11.8. The van der Waals surface area contributed by atoms with Gasteiger partial charge in [-0.05, 0) is 6.07 Å². The molecule has 0 aliphatic heterocycles. The standard InChI is InChI=1S/C7H6F4NP/c8-4-2-6(12)5(9)1-3(4)7(10,11)13/h1-2H,12-13H2. The number of benzene rings is 1. The predicted octanol–water partition coefficient (Wildman–Crippen LogP) is 2.47. The largest absolute Gasteiger partial charge is 0.396 e. The van der Waals surface area contributed by atoms with Gasteiger partial charge in [-0.3, -0.25) is 0 Å². The number of hydrogen-bond acceptors (Lipinski definition) is 1. The van der Waals surface area contributed by atoms with Gasteiger partial charge < -0.3 is 5.73 Å². The first kappa shape index (κ1) is 10.3. The van der Waals surface area contributed by atoms with Crippen molar-refractivity contribution >= 4 is 14.9 Å². The highest BCUT2D eigenvalue weighted by Gasteiger charge is 2.29. The minimum absolute atomic E-state index is 0.387. The predicted molar refractivity (Wildman–Crippen MR) is 44.4 cm³/mol. The van der Waals surface area contributed by atoms with Crippen LogP contribution in [-0.2, 0) is 5.66 Å². The first-order valence-corrected chi connectivity index (χ1v) is 3.82. The van der Waals surface area contributed by atoms with E-state index in [1.54, 1.807) is 0 Å². The van der Waals surface area contributed by atoms with Crippen molar-refractivity contribution in [2.75, 3.05) is 5.73 Å². The summed E-state index contributed by atoms with van der Waals surface area (Å²) in [5, 5.41) is 0. The first-order valence-electron chi connectivity index (χ1n) is 3.24. The summed E-state index contributed by atoms with van der Waals surface area (Å²) in [7, 11) is 1.12. The summed E-state index contributed by atoms with van der Waals surface area (Å²) in [6, 6.07) is 0.917. The van der Waals surface area contributed by atoms with E-state index in [0.717, 1.165) is 9.24 Å². The highest BCUT2D eigenvalue weighted by Crippen LogP contribution is 2.37. The maximum Gasteiger partial charge on any atom is 0.286 e. The van der Waals surface area contributed by atoms with Crippen molar-refractivity contribution < 1.29 is 17.6 Å². The summed E-state index contributed by atoms with van der Waals surface area (Å²) in [6.45, 7) is 0. The van der Waals surface area contributed by atoms with Gasteiger partial charge in [-0.25, -0.2) is 8.78 Å². The number of nitrogen functional groups attached to an aromatic ring is 1. The van der Waals surface area contributed by atoms with Crippen LogP contribution >= 0.6 is 9.24 Å². The van der Waals surface area contributed by atoms with Crippen molar-refractivity contribution in [1.29, 1.82) is 0 Å². The van der Waals surface area contributed by atoms with Gasteiger partial charge in [0.1, 0.15) is 11.6 Å². The van der Waals surface area contributed by atoms with Crippen LogP contribution in [0.4, 0.5) is 23.2 Å². The first-order chi connectivity index (χ1) is 5.82. The monoisotopic (exact) mass is 211 g/mol. The second-order valence-electron chi connectivity index (χ2n) is 2.48. The molecule has 0 heterocycles. The Bertz CT molecular complexity index is 334. The lowest BCUT2D eigenvalue weighted by Crippen LogP contribution is -2.07. The van der Waals surface area contributed by atoms with Crippen molar-refractivity contribution in [3.63, 3.8) is 0 Å². The molecule has 1 aromatic rings. The van der Waals surface area contributed by atoms with Gasteiger partial charge in [0.25, 0.3) is 5.66 Å². The van der Waals surface area contributed by atoms with E-state index in [9.17, 15) is 17.6 Å². The highest BCUT2D eigenvalue weighted by molar-refractivity contribution is 7.17. The average molecular weight is 211 g/mol. The van der Waals surface area contributed by atoms with Gasteiger partial charge in [-0.1, -0.05) is 9.24 Å². The van der Waals surface area contributed by atoms with E-state index in [0.29, 0.717) is 12.1 Å². The second kappa shape index (κ2) is 3.14. The van der Waals surface area contributed by atoms with E-state index in [4.69, 9.17) is 5.73 Å². The Kier molecular flexibility index (Phi) is 2.48. The zero-order chi connectivity index (χ0) is 10.2. The van der Waals surface area contributed by atoms with E-state index >= 15 is 0 Å². The van der Waals surface area contributed by atoms with Gasteiger partial charge >= 0.3 is 0 Å². The van der Waals surface area contributed by atoms with Gasteiger partial charge in [0.2, 0.25) is 0 Å². The van der Waals surface area contributed by atoms with E-state index in [1.165, 1.54) is 0 Å². The van der Waals surface area contributed by atoms with Crippen molar-refractivity contribution in [2.24, 2.45) is 0 Å². The summed E-state index contributed by atoms with van der Waals surface area (Å²) < 4.78 is 50.5. The Hall–Kier alpha value is -0.830. The van der Waals surface area contributed by atoms with Gasteiger partial charge in [0, 0.05) is 6.07 Å². The van der Waals surface area contributed by atoms with E-state index in [2.05, 4.69) is 0 Å². The Labute approximate surface area is 74.1 Å². The van der Waals surface area contributed by atoms with E-state index in [1.807, 2.05) is 0 Å². The lowest BCUT2D eigenvalue weighted by Gasteiger charge is -2.11. The summed E-state index contributed by atoms with van der Waals surface area (Å²) >= 11 is 0. The van der Waals surface area contributed by atoms with E-state index in [-0.39, 0.29) is 0 Å². The van der Waals surface area contributed by atoms with Crippen LogP contribution in [0.15, 0.2) is 12.1 Å². The van der Waals surface area contributed by atoms with Gasteiger partial charge in [0.15, 0.2) is 0 Å². The minimum atomic E-state index is -3.49. The van der Waals surface area contributed by atoms with Crippen LogP contribution < -0.4 is 5.73 Å². The molecule has 0 aliphatic rings. The fourth-order valence-corrected chi connectivity index (χ4v) is 1.04. The minimum Gasteiger partial charge on any atom is -0.396 e. The van der Waals surface area contributed by atoms with Crippen molar-refractivity contribution in [2.45, 2.75) is 5.66 Å². The highest BCUT2D eigenvalue weighted by atomic mass is 31.0. The molecule has 0 aromatic heterocycles. The fourth-order valence-electron chi connectivity index (χ4n) is 0.818. The van der Waals surface area contributed by atoms with Gasteiger partial charge in [-0.2, -0.15) is 8.78 Å². The summed E-state index contributed by atoms with van der Waals surface area (Å²) in [4.78, 5) is 0. The molecule has 13 heavy (non-hydrogen) atoms. The molecule has 2 N–H and O–H groups in total. The van der Waals surface area contributed by atoms with Crippen LogP contribution in [0.1, 0.15) is 5.56 Å². The zero-order valence-electron chi connectivity index (χ0n) is 6.32. The van der Waals surface area contributed by atoms with Gasteiger partial charge in [-0.15, -0.1) is 0 Å². The molecule has 72 valence electrons. The maximum absolute atomic E-state index is 12.8. The Balaban J connectivity index is 3.32. The summed E-state index contributed by atoms with van der Waals surface area (Å²) in [5.41, 5.74) is -0.0355. The number of nitrogens with two attached hydrogens (primary N) is 1. The Morgan fingerprint density at radius 1 is 1.15 bits per heavy atom. The molecule has 0 saturated carbocycles. The third-order valence-electron chi connectivity index (χ3n) is 1.45. The molecule has 1 nitrogen and oxygen atoms in total. The number of rotatable bonds is 1. The van der Waals surface area contributed by atoms with Crippen LogP contribution in [0.2, 0.25) is 0 Å². The zero-order valence-corrected chi connectivity index (χ0v) is 7.48. The Morgan fingerprint density at radius 2 is 1.69 bits per heavy atom. The summed E-state index contributed by atoms with van der Waals surface area (Å²) in [6.07, 6.45) is 0. The third-order valence-corrected chi connectivity index (χ3v) is 1.76. The number of halogens is 4. The number of anilines is 1. The molecule has 0 radical (unpaired) electrons. The number of hydrogen-bond donors (Lipinski definition) is 1. The smallest absolute Gasteiger partial charge is 0.286 e. The molecular weight excluding hydrogens is 205 g/mol. The molecular formula is C7H6F4NP. The number of alkyl halides is 2. The molecule has 1 aromatic carbocycles. The van der Waals surface area contributed by atoms with E-state index < -0.39 is 28.5 Å². The van der Waals surface area contributed by atoms with Crippen molar-refractivity contribution in [3.8, 4) is 0 Å². The maximum atomic E-state index is 12.8. The molecule has 0 amide bonds. The Morgan fingerprint density at radius 3 is 2.15 bits per heavy atom. The van der Waals surface area contributed by atoms with Crippen molar-refractivity contribution in [3.05, 3.63) is 29.3 Å². The molecule has 1 rings (SSSR count). The lowest BCUT2D eigenvalue weighted by molar-refractivity contribution is 0.0988. The third kappa shape index (κ3) is 2.10. The van der Waals surface area contributed by atoms with Crippen LogP contribution in [0.5, 0.6) is 0 Å². The molecule has 1 unspecified atom stereocenters. The summed E-state index contributed by atoms with van der Waals surface area (Å²) in [5.74, 6) is -2.28. The molecule has 0 aliphatic carbocycles. The molecule has 0 saturated heterocycles. The molecule has 1 atom stereocenters. The van der Waals surface area contributed by atoms with Crippen LogP contribution in [0.25, 0.3) is 0 Å². The molecule has 0 spiro atoms. The van der Waals surface area contributed by atoms with Crippen LogP contribution in [-0.4, -0.2) is 0 Å². The van der Waals surface area contributed by atoms with Crippen LogP contribution in [0.3, 0.4) is 0 Å². The quantitative estimate of drug-likeness (QED) is 0.431. The molecule has 0 bridgehead atoms. The van der Waals surface area contributed by atoms with Crippen molar-refractivity contribution in [1.82, 2.24) is 0 Å². The fraction of sp³-hybridized carbons (Fsp3) is 0.143. The second-order valence-corrected chi connectivity index (χ2v) is 3.20. The van der Waals surface area contributed by atoms with Gasteiger partial charge in [0.05, 0.1) is 11.3 Å². The SMILES string of the molecule is Nc1cc(F)c(C(F)(F)P)cc1F. The topological polar surface area (TPSA) is 26.0 Å². The average Bonchev–Trinajstić information content (AvgIpc) is 1.94. The molecule has 6 heteroatoms.